The van der Waals surface area contributed by atoms with Crippen LogP contribution in [-0.2, 0) is 0 Å². The van der Waals surface area contributed by atoms with E-state index < -0.39 is 5.60 Å². The van der Waals surface area contributed by atoms with Crippen molar-refractivity contribution in [3.63, 3.8) is 0 Å². The van der Waals surface area contributed by atoms with Crippen molar-refractivity contribution in [3.8, 4) is 0 Å². The fourth-order valence-corrected chi connectivity index (χ4v) is 2.31. The first-order valence-corrected chi connectivity index (χ1v) is 6.36. The van der Waals surface area contributed by atoms with E-state index in [1.807, 2.05) is 0 Å². The summed E-state index contributed by atoms with van der Waals surface area (Å²) in [6.07, 6.45) is 5.26. The molecule has 0 aromatic heterocycles. The van der Waals surface area contributed by atoms with Crippen molar-refractivity contribution in [2.24, 2.45) is 16.6 Å². The fourth-order valence-electron chi connectivity index (χ4n) is 2.31. The minimum absolute atomic E-state index is 0.477. The Bertz CT molecular complexity index is 265. The van der Waals surface area contributed by atoms with Crippen LogP contribution in [0, 0.1) is 5.92 Å². The molecule has 1 saturated heterocycles. The lowest BCUT2D eigenvalue weighted by Gasteiger charge is -2.36. The molecule has 0 aromatic carbocycles. The highest BCUT2D eigenvalue weighted by Gasteiger charge is 2.34. The molecule has 16 heavy (non-hydrogen) atoms. The zero-order chi connectivity index (χ0) is 11.6. The second-order valence-electron chi connectivity index (χ2n) is 5.42. The van der Waals surface area contributed by atoms with Gasteiger partial charge in [0.15, 0.2) is 5.96 Å². The standard InChI is InChI=1S/C12H23N3O/c1-10-3-7-15(8-4-10)11(13)14-9-12(16)5-2-6-12/h10,16H,2-9H2,1H3,(H2,13,14). The molecule has 0 amide bonds. The van der Waals surface area contributed by atoms with Gasteiger partial charge in [-0.3, -0.25) is 4.99 Å². The van der Waals surface area contributed by atoms with Crippen LogP contribution in [-0.4, -0.2) is 41.2 Å². The molecule has 0 spiro atoms. The molecule has 0 atom stereocenters. The first kappa shape index (κ1) is 11.7. The van der Waals surface area contributed by atoms with E-state index in [9.17, 15) is 5.11 Å². The van der Waals surface area contributed by atoms with Gasteiger partial charge in [-0.15, -0.1) is 0 Å². The van der Waals surface area contributed by atoms with Crippen molar-refractivity contribution in [2.75, 3.05) is 19.6 Å². The third kappa shape index (κ3) is 2.67. The van der Waals surface area contributed by atoms with E-state index in [1.54, 1.807) is 0 Å². The van der Waals surface area contributed by atoms with E-state index in [4.69, 9.17) is 5.73 Å². The molecule has 2 rings (SSSR count). The average molecular weight is 225 g/mol. The van der Waals surface area contributed by atoms with Gasteiger partial charge in [-0.1, -0.05) is 6.92 Å². The lowest BCUT2D eigenvalue weighted by molar-refractivity contribution is -0.0237. The number of piperidine rings is 1. The van der Waals surface area contributed by atoms with E-state index in [1.165, 1.54) is 12.8 Å². The number of nitrogens with two attached hydrogens (primary N) is 1. The molecule has 1 saturated carbocycles. The van der Waals surface area contributed by atoms with Crippen molar-refractivity contribution >= 4 is 5.96 Å². The zero-order valence-electron chi connectivity index (χ0n) is 10.2. The smallest absolute Gasteiger partial charge is 0.191 e. The highest BCUT2D eigenvalue weighted by atomic mass is 16.3. The first-order chi connectivity index (χ1) is 7.59. The van der Waals surface area contributed by atoms with Gasteiger partial charge in [-0.05, 0) is 38.0 Å². The Labute approximate surface area is 97.5 Å². The lowest BCUT2D eigenvalue weighted by Crippen LogP contribution is -2.45. The van der Waals surface area contributed by atoms with Crippen LogP contribution in [0.2, 0.25) is 0 Å². The second-order valence-corrected chi connectivity index (χ2v) is 5.42. The molecule has 1 aliphatic carbocycles. The van der Waals surface area contributed by atoms with Crippen molar-refractivity contribution in [1.29, 1.82) is 0 Å². The summed E-state index contributed by atoms with van der Waals surface area (Å²) in [6.45, 7) is 4.77. The monoisotopic (exact) mass is 225 g/mol. The minimum atomic E-state index is -0.548. The number of aliphatic imine (C=N–C) groups is 1. The van der Waals surface area contributed by atoms with E-state index >= 15 is 0 Å². The van der Waals surface area contributed by atoms with Gasteiger partial charge < -0.3 is 15.7 Å². The normalized spacial score (nSPS) is 26.6. The summed E-state index contributed by atoms with van der Waals surface area (Å²) in [5.41, 5.74) is 5.40. The van der Waals surface area contributed by atoms with E-state index in [0.717, 1.165) is 38.3 Å². The topological polar surface area (TPSA) is 61.8 Å². The highest BCUT2D eigenvalue weighted by molar-refractivity contribution is 5.78. The first-order valence-electron chi connectivity index (χ1n) is 6.36. The summed E-state index contributed by atoms with van der Waals surface area (Å²) in [6, 6.07) is 0. The molecular formula is C12H23N3O. The Morgan fingerprint density at radius 2 is 2.06 bits per heavy atom. The van der Waals surface area contributed by atoms with E-state index in [0.29, 0.717) is 12.5 Å². The molecule has 3 N–H and O–H groups in total. The zero-order valence-corrected chi connectivity index (χ0v) is 10.2. The van der Waals surface area contributed by atoms with Gasteiger partial charge in [0.2, 0.25) is 0 Å². The summed E-state index contributed by atoms with van der Waals surface area (Å²) in [7, 11) is 0. The quantitative estimate of drug-likeness (QED) is 0.543. The molecule has 2 fully saturated rings. The maximum Gasteiger partial charge on any atom is 0.191 e. The van der Waals surface area contributed by atoms with Gasteiger partial charge in [0.05, 0.1) is 12.1 Å². The van der Waals surface area contributed by atoms with Crippen molar-refractivity contribution in [3.05, 3.63) is 0 Å². The second kappa shape index (κ2) is 4.62. The third-order valence-electron chi connectivity index (χ3n) is 3.93. The maximum absolute atomic E-state index is 9.92. The third-order valence-corrected chi connectivity index (χ3v) is 3.93. The van der Waals surface area contributed by atoms with Crippen LogP contribution in [0.15, 0.2) is 4.99 Å². The molecule has 4 heteroatoms. The maximum atomic E-state index is 9.92. The van der Waals surface area contributed by atoms with Crippen LogP contribution >= 0.6 is 0 Å². The largest absolute Gasteiger partial charge is 0.388 e. The predicted octanol–water partition coefficient (Wildman–Crippen LogP) is 0.948. The summed E-state index contributed by atoms with van der Waals surface area (Å²) in [4.78, 5) is 6.48. The van der Waals surface area contributed by atoms with Gasteiger partial charge in [0.1, 0.15) is 0 Å². The Balaban J connectivity index is 1.81. The van der Waals surface area contributed by atoms with Gasteiger partial charge >= 0.3 is 0 Å². The number of hydrogen-bond acceptors (Lipinski definition) is 2. The summed E-state index contributed by atoms with van der Waals surface area (Å²) in [5.74, 6) is 1.42. The Hall–Kier alpha value is -0.770. The summed E-state index contributed by atoms with van der Waals surface area (Å²) in [5, 5.41) is 9.92. The number of rotatable bonds is 2. The Kier molecular flexibility index (Phi) is 3.38. The molecule has 1 aliphatic heterocycles. The number of hydrogen-bond donors (Lipinski definition) is 2. The number of aliphatic hydroxyl groups is 1. The molecular weight excluding hydrogens is 202 g/mol. The average Bonchev–Trinajstić information content (AvgIpc) is 2.24. The van der Waals surface area contributed by atoms with Crippen LogP contribution in [0.5, 0.6) is 0 Å². The molecule has 0 aromatic rings. The summed E-state index contributed by atoms with van der Waals surface area (Å²) < 4.78 is 0. The molecule has 2 aliphatic rings. The lowest BCUT2D eigenvalue weighted by atomic mass is 9.80. The number of nitrogens with zero attached hydrogens (tertiary/aromatic N) is 2. The van der Waals surface area contributed by atoms with Crippen LogP contribution in [0.3, 0.4) is 0 Å². The SMILES string of the molecule is CC1CCN(C(N)=NCC2(O)CCC2)CC1. The fraction of sp³-hybridized carbons (Fsp3) is 0.917. The van der Waals surface area contributed by atoms with Crippen molar-refractivity contribution in [1.82, 2.24) is 4.90 Å². The van der Waals surface area contributed by atoms with Crippen LogP contribution in [0.25, 0.3) is 0 Å². The Morgan fingerprint density at radius 1 is 1.44 bits per heavy atom. The van der Waals surface area contributed by atoms with Crippen molar-refractivity contribution in [2.45, 2.75) is 44.6 Å². The van der Waals surface area contributed by atoms with Crippen LogP contribution in [0.1, 0.15) is 39.0 Å². The molecule has 0 unspecified atom stereocenters. The van der Waals surface area contributed by atoms with Crippen LogP contribution in [0.4, 0.5) is 0 Å². The van der Waals surface area contributed by atoms with Gasteiger partial charge in [-0.25, -0.2) is 0 Å². The molecule has 4 nitrogen and oxygen atoms in total. The number of likely N-dealkylation sites (tertiary alicyclic amines) is 1. The molecule has 0 bridgehead atoms. The van der Waals surface area contributed by atoms with Gasteiger partial charge in [0.25, 0.3) is 0 Å². The number of guanidine groups is 1. The predicted molar refractivity (Wildman–Crippen MR) is 65.3 cm³/mol. The summed E-state index contributed by atoms with van der Waals surface area (Å²) >= 11 is 0. The molecule has 1 heterocycles. The van der Waals surface area contributed by atoms with Crippen molar-refractivity contribution < 1.29 is 5.11 Å². The van der Waals surface area contributed by atoms with E-state index in [2.05, 4.69) is 16.8 Å². The van der Waals surface area contributed by atoms with Gasteiger partial charge in [0, 0.05) is 13.1 Å². The van der Waals surface area contributed by atoms with E-state index in [-0.39, 0.29) is 0 Å². The molecule has 0 radical (unpaired) electrons. The van der Waals surface area contributed by atoms with Gasteiger partial charge in [-0.2, -0.15) is 0 Å². The Morgan fingerprint density at radius 3 is 2.56 bits per heavy atom. The molecule has 92 valence electrons. The van der Waals surface area contributed by atoms with Crippen LogP contribution < -0.4 is 5.73 Å². The highest BCUT2D eigenvalue weighted by Crippen LogP contribution is 2.31. The minimum Gasteiger partial charge on any atom is -0.388 e.